The van der Waals surface area contributed by atoms with Crippen molar-refractivity contribution in [1.29, 1.82) is 0 Å². The first-order chi connectivity index (χ1) is 22.2. The number of nitrogens with zero attached hydrogens (tertiary/aromatic N) is 1. The summed E-state index contributed by atoms with van der Waals surface area (Å²) in [6.07, 6.45) is 4.08. The van der Waals surface area contributed by atoms with E-state index in [0.717, 1.165) is 47.9 Å². The second-order valence-electron chi connectivity index (χ2n) is 13.2. The molecule has 3 rings (SSSR count). The molecule has 0 aliphatic rings. The van der Waals surface area contributed by atoms with Crippen molar-refractivity contribution >= 4 is 35.2 Å². The molecular weight excluding hydrogens is 614 g/mol. The normalized spacial score (nSPS) is 12.6. The first kappa shape index (κ1) is 37.4. The molecule has 0 heterocycles. The maximum absolute atomic E-state index is 14.8. The van der Waals surface area contributed by atoms with Crippen LogP contribution in [0.4, 0.5) is 10.5 Å². The highest BCUT2D eigenvalue weighted by Gasteiger charge is 2.37. The van der Waals surface area contributed by atoms with Crippen LogP contribution in [0.1, 0.15) is 93.7 Å². The summed E-state index contributed by atoms with van der Waals surface area (Å²) in [6, 6.07) is 15.6. The van der Waals surface area contributed by atoms with Crippen molar-refractivity contribution in [2.75, 3.05) is 11.9 Å². The molecular formula is C38H50ClN3O5. The highest BCUT2D eigenvalue weighted by atomic mass is 35.5. The Bertz CT molecular complexity index is 1500. The van der Waals surface area contributed by atoms with E-state index in [9.17, 15) is 19.5 Å². The number of unbranched alkanes of at least 4 members (excludes halogenated alkanes) is 4. The molecule has 3 aromatic carbocycles. The van der Waals surface area contributed by atoms with Crippen LogP contribution < -0.4 is 10.6 Å². The fourth-order valence-corrected chi connectivity index (χ4v) is 5.80. The maximum atomic E-state index is 14.8. The number of anilines is 1. The number of carbonyl (C=O) groups is 3. The van der Waals surface area contributed by atoms with E-state index >= 15 is 0 Å². The lowest BCUT2D eigenvalue weighted by molar-refractivity contribution is -0.140. The third-order valence-electron chi connectivity index (χ3n) is 7.90. The van der Waals surface area contributed by atoms with Gasteiger partial charge in [0.1, 0.15) is 23.4 Å². The molecule has 8 nitrogen and oxygen atoms in total. The molecule has 3 N–H and O–H groups in total. The summed E-state index contributed by atoms with van der Waals surface area (Å²) in [5.41, 5.74) is 3.78. The number of phenolic OH excluding ortho intramolecular Hbond substituents is 1. The van der Waals surface area contributed by atoms with Crippen LogP contribution in [0.15, 0.2) is 60.7 Å². The predicted octanol–water partition coefficient (Wildman–Crippen LogP) is 8.59. The zero-order chi connectivity index (χ0) is 34.7. The monoisotopic (exact) mass is 663 g/mol. The van der Waals surface area contributed by atoms with Crippen molar-refractivity contribution in [3.8, 4) is 5.75 Å². The Labute approximate surface area is 284 Å². The van der Waals surface area contributed by atoms with Crippen LogP contribution in [0.2, 0.25) is 5.02 Å². The minimum Gasteiger partial charge on any atom is -0.508 e. The summed E-state index contributed by atoms with van der Waals surface area (Å²) in [5, 5.41) is 16.1. The van der Waals surface area contributed by atoms with E-state index in [1.54, 1.807) is 43.9 Å². The molecule has 0 aliphatic carbocycles. The van der Waals surface area contributed by atoms with Gasteiger partial charge in [-0.25, -0.2) is 4.79 Å². The minimum absolute atomic E-state index is 0.0897. The summed E-state index contributed by atoms with van der Waals surface area (Å²) >= 11 is 6.54. The van der Waals surface area contributed by atoms with E-state index in [4.69, 9.17) is 16.3 Å². The van der Waals surface area contributed by atoms with Gasteiger partial charge in [0.15, 0.2) is 0 Å². The zero-order valence-corrected chi connectivity index (χ0v) is 29.5. The SMILES string of the molecule is CCCCCCCN(C(=O)C(Cc1ccc(O)cc1)NC(=O)OC(C)(C)C)C(C(=O)Nc1c(C)cccc1Cl)c1ccc(C)cc1C. The molecule has 0 aromatic heterocycles. The fourth-order valence-electron chi connectivity index (χ4n) is 5.53. The van der Waals surface area contributed by atoms with Gasteiger partial charge in [0.2, 0.25) is 5.91 Å². The Morgan fingerprint density at radius 3 is 2.21 bits per heavy atom. The van der Waals surface area contributed by atoms with Gasteiger partial charge in [0, 0.05) is 13.0 Å². The lowest BCUT2D eigenvalue weighted by Crippen LogP contribution is -2.53. The van der Waals surface area contributed by atoms with Crippen LogP contribution in [0.5, 0.6) is 5.75 Å². The number of alkyl carbamates (subject to hydrolysis) is 1. The molecule has 0 aliphatic heterocycles. The predicted molar refractivity (Wildman–Crippen MR) is 189 cm³/mol. The molecule has 3 amide bonds. The number of hydrogen-bond acceptors (Lipinski definition) is 5. The molecule has 254 valence electrons. The molecule has 0 saturated carbocycles. The number of carbonyl (C=O) groups excluding carboxylic acids is 3. The molecule has 0 fully saturated rings. The summed E-state index contributed by atoms with van der Waals surface area (Å²) in [6.45, 7) is 13.5. The first-order valence-electron chi connectivity index (χ1n) is 16.4. The molecule has 2 unspecified atom stereocenters. The van der Waals surface area contributed by atoms with Gasteiger partial charge in [-0.1, -0.05) is 92.2 Å². The van der Waals surface area contributed by atoms with Crippen molar-refractivity contribution in [2.45, 2.75) is 105 Å². The molecule has 3 aromatic rings. The van der Waals surface area contributed by atoms with Gasteiger partial charge in [-0.2, -0.15) is 0 Å². The van der Waals surface area contributed by atoms with Gasteiger partial charge in [-0.3, -0.25) is 9.59 Å². The number of ether oxygens (including phenoxy) is 1. The lowest BCUT2D eigenvalue weighted by Gasteiger charge is -2.35. The van der Waals surface area contributed by atoms with Crippen LogP contribution >= 0.6 is 11.6 Å². The smallest absolute Gasteiger partial charge is 0.408 e. The average molecular weight is 664 g/mol. The summed E-state index contributed by atoms with van der Waals surface area (Å²) in [4.78, 5) is 44.0. The van der Waals surface area contributed by atoms with Gasteiger partial charge in [0.25, 0.3) is 5.91 Å². The highest BCUT2D eigenvalue weighted by Crippen LogP contribution is 2.31. The number of halogens is 1. The topological polar surface area (TPSA) is 108 Å². The average Bonchev–Trinajstić information content (AvgIpc) is 2.98. The quantitative estimate of drug-likeness (QED) is 0.150. The zero-order valence-electron chi connectivity index (χ0n) is 28.8. The van der Waals surface area contributed by atoms with Crippen molar-refractivity contribution in [3.05, 3.63) is 93.5 Å². The van der Waals surface area contributed by atoms with E-state index < -0.39 is 35.6 Å². The summed E-state index contributed by atoms with van der Waals surface area (Å²) < 4.78 is 5.56. The van der Waals surface area contributed by atoms with E-state index in [-0.39, 0.29) is 18.7 Å². The van der Waals surface area contributed by atoms with Crippen molar-refractivity contribution in [3.63, 3.8) is 0 Å². The van der Waals surface area contributed by atoms with E-state index in [2.05, 4.69) is 17.6 Å². The molecule has 0 spiro atoms. The van der Waals surface area contributed by atoms with Gasteiger partial charge >= 0.3 is 6.09 Å². The Morgan fingerprint density at radius 2 is 1.60 bits per heavy atom. The van der Waals surface area contributed by atoms with Crippen molar-refractivity contribution in [1.82, 2.24) is 10.2 Å². The van der Waals surface area contributed by atoms with Crippen LogP contribution in [0.25, 0.3) is 0 Å². The molecule has 0 saturated heterocycles. The summed E-state index contributed by atoms with van der Waals surface area (Å²) in [7, 11) is 0. The third-order valence-corrected chi connectivity index (χ3v) is 8.22. The van der Waals surface area contributed by atoms with Gasteiger partial charge in [-0.05, 0) is 88.4 Å². The second kappa shape index (κ2) is 17.2. The Hall–Kier alpha value is -4.04. The third kappa shape index (κ3) is 11.3. The van der Waals surface area contributed by atoms with Crippen LogP contribution in [-0.4, -0.2) is 46.1 Å². The molecule has 0 bridgehead atoms. The molecule has 9 heteroatoms. The van der Waals surface area contributed by atoms with E-state index in [0.29, 0.717) is 22.7 Å². The van der Waals surface area contributed by atoms with Crippen LogP contribution in [0, 0.1) is 20.8 Å². The Kier molecular flexibility index (Phi) is 13.7. The number of para-hydroxylation sites is 1. The minimum atomic E-state index is -1.06. The number of hydrogen-bond donors (Lipinski definition) is 3. The number of rotatable bonds is 14. The van der Waals surface area contributed by atoms with Crippen LogP contribution in [-0.2, 0) is 20.7 Å². The number of phenols is 1. The second-order valence-corrected chi connectivity index (χ2v) is 13.6. The largest absolute Gasteiger partial charge is 0.508 e. The molecule has 2 atom stereocenters. The maximum Gasteiger partial charge on any atom is 0.408 e. The summed E-state index contributed by atoms with van der Waals surface area (Å²) in [5.74, 6) is -0.738. The van der Waals surface area contributed by atoms with Gasteiger partial charge in [0.05, 0.1) is 10.7 Å². The number of aromatic hydroxyl groups is 1. The van der Waals surface area contributed by atoms with Crippen molar-refractivity contribution in [2.24, 2.45) is 0 Å². The molecule has 0 radical (unpaired) electrons. The number of amides is 3. The first-order valence-corrected chi connectivity index (χ1v) is 16.8. The fraction of sp³-hybridized carbons (Fsp3) is 0.447. The number of aryl methyl sites for hydroxylation is 3. The van der Waals surface area contributed by atoms with Gasteiger partial charge in [-0.15, -0.1) is 0 Å². The lowest BCUT2D eigenvalue weighted by atomic mass is 9.95. The van der Waals surface area contributed by atoms with E-state index in [1.165, 1.54) is 12.1 Å². The standard InChI is InChI=1S/C38H50ClN3O5/c1-8-9-10-11-12-22-42(36(45)32(40-37(46)47-38(5,6)7)24-28-17-19-29(43)20-18-28)34(30-21-16-25(2)23-27(30)4)35(44)41-33-26(3)14-13-15-31(33)39/h13-21,23,32,34,43H,8-12,22,24H2,1-7H3,(H,40,46)(H,41,44). The van der Waals surface area contributed by atoms with Crippen LogP contribution in [0.3, 0.4) is 0 Å². The molecule has 47 heavy (non-hydrogen) atoms. The highest BCUT2D eigenvalue weighted by molar-refractivity contribution is 6.34. The Morgan fingerprint density at radius 1 is 0.915 bits per heavy atom. The van der Waals surface area contributed by atoms with E-state index in [1.807, 2.05) is 51.1 Å². The number of benzene rings is 3. The number of nitrogens with one attached hydrogen (secondary N) is 2. The Balaban J connectivity index is 2.13. The van der Waals surface area contributed by atoms with Gasteiger partial charge < -0.3 is 25.4 Å². The van der Waals surface area contributed by atoms with Crippen molar-refractivity contribution < 1.29 is 24.2 Å².